The normalized spacial score (nSPS) is 10.8. The number of esters is 1. The van der Waals surface area contributed by atoms with Crippen molar-refractivity contribution in [2.24, 2.45) is 0 Å². The standard InChI is InChI=1S/C19H19BrO5/c1-4-11-7-14(18(23)15(20)8-11)17(22)12-5-6-16(21)13(9-12)19(24)25-10(2)3/h5-10,21,23H,4H2,1-3H3. The van der Waals surface area contributed by atoms with Gasteiger partial charge in [0, 0.05) is 5.56 Å². The maximum atomic E-state index is 12.8. The molecule has 0 amide bonds. The lowest BCUT2D eigenvalue weighted by Gasteiger charge is -2.12. The Labute approximate surface area is 154 Å². The van der Waals surface area contributed by atoms with Gasteiger partial charge in [-0.1, -0.05) is 6.92 Å². The first-order chi connectivity index (χ1) is 11.7. The summed E-state index contributed by atoms with van der Waals surface area (Å²) in [5.41, 5.74) is 1.08. The Bertz CT molecular complexity index is 827. The summed E-state index contributed by atoms with van der Waals surface area (Å²) in [5, 5.41) is 20.1. The number of ether oxygens (including phenoxy) is 1. The summed E-state index contributed by atoms with van der Waals surface area (Å²) in [5.74, 6) is -1.60. The van der Waals surface area contributed by atoms with Crippen molar-refractivity contribution in [2.45, 2.75) is 33.3 Å². The maximum absolute atomic E-state index is 12.8. The molecule has 0 saturated carbocycles. The van der Waals surface area contributed by atoms with Crippen molar-refractivity contribution in [2.75, 3.05) is 0 Å². The molecule has 132 valence electrons. The Hall–Kier alpha value is -2.34. The largest absolute Gasteiger partial charge is 0.507 e. The minimum absolute atomic E-state index is 0.0928. The van der Waals surface area contributed by atoms with E-state index in [0.717, 1.165) is 5.56 Å². The monoisotopic (exact) mass is 406 g/mol. The van der Waals surface area contributed by atoms with Gasteiger partial charge in [-0.3, -0.25) is 4.79 Å². The van der Waals surface area contributed by atoms with E-state index in [4.69, 9.17) is 4.74 Å². The number of phenolic OH excluding ortho intramolecular Hbond substituents is 2. The number of hydrogen-bond donors (Lipinski definition) is 2. The first-order valence-electron chi connectivity index (χ1n) is 7.84. The molecule has 0 fully saturated rings. The molecule has 0 bridgehead atoms. The number of hydrogen-bond acceptors (Lipinski definition) is 5. The van der Waals surface area contributed by atoms with Crippen molar-refractivity contribution in [3.63, 3.8) is 0 Å². The Morgan fingerprint density at radius 3 is 2.40 bits per heavy atom. The Morgan fingerprint density at radius 1 is 1.12 bits per heavy atom. The highest BCUT2D eigenvalue weighted by molar-refractivity contribution is 9.10. The fourth-order valence-electron chi connectivity index (χ4n) is 2.31. The highest BCUT2D eigenvalue weighted by Crippen LogP contribution is 2.32. The third-order valence-corrected chi connectivity index (χ3v) is 4.20. The lowest BCUT2D eigenvalue weighted by atomic mass is 9.98. The average molecular weight is 407 g/mol. The van der Waals surface area contributed by atoms with E-state index in [2.05, 4.69) is 15.9 Å². The van der Waals surface area contributed by atoms with Crippen molar-refractivity contribution in [3.05, 3.63) is 57.1 Å². The van der Waals surface area contributed by atoms with Crippen LogP contribution in [0.4, 0.5) is 0 Å². The molecule has 0 aliphatic rings. The van der Waals surface area contributed by atoms with Gasteiger partial charge in [0.2, 0.25) is 0 Å². The van der Waals surface area contributed by atoms with Crippen molar-refractivity contribution >= 4 is 27.7 Å². The van der Waals surface area contributed by atoms with E-state index in [0.29, 0.717) is 10.9 Å². The molecule has 0 spiro atoms. The van der Waals surface area contributed by atoms with Gasteiger partial charge in [-0.2, -0.15) is 0 Å². The smallest absolute Gasteiger partial charge is 0.342 e. The fraction of sp³-hybridized carbons (Fsp3) is 0.263. The minimum atomic E-state index is -0.713. The number of carbonyl (C=O) groups is 2. The molecule has 2 N–H and O–H groups in total. The van der Waals surface area contributed by atoms with Gasteiger partial charge in [0.05, 0.1) is 16.1 Å². The first kappa shape index (κ1) is 19.0. The molecule has 0 radical (unpaired) electrons. The molecule has 0 aromatic heterocycles. The summed E-state index contributed by atoms with van der Waals surface area (Å²) in [6, 6.07) is 7.29. The van der Waals surface area contributed by atoms with Crippen molar-refractivity contribution in [1.82, 2.24) is 0 Å². The van der Waals surface area contributed by atoms with Crippen LogP contribution in [0.15, 0.2) is 34.8 Å². The average Bonchev–Trinajstić information content (AvgIpc) is 2.56. The summed E-state index contributed by atoms with van der Waals surface area (Å²) in [6.45, 7) is 5.32. The zero-order valence-corrected chi connectivity index (χ0v) is 15.8. The van der Waals surface area contributed by atoms with Crippen molar-refractivity contribution in [3.8, 4) is 11.5 Å². The molecule has 5 nitrogen and oxygen atoms in total. The van der Waals surface area contributed by atoms with Gasteiger partial charge in [0.25, 0.3) is 0 Å². The van der Waals surface area contributed by atoms with Crippen LogP contribution in [0.25, 0.3) is 0 Å². The van der Waals surface area contributed by atoms with Crippen LogP contribution in [0.2, 0.25) is 0 Å². The Morgan fingerprint density at radius 2 is 1.80 bits per heavy atom. The van der Waals surface area contributed by atoms with E-state index < -0.39 is 11.8 Å². The second kappa shape index (κ2) is 7.70. The van der Waals surface area contributed by atoms with Gasteiger partial charge in [0.1, 0.15) is 17.1 Å². The van der Waals surface area contributed by atoms with Crippen LogP contribution >= 0.6 is 15.9 Å². The summed E-state index contributed by atoms with van der Waals surface area (Å²) >= 11 is 3.24. The fourth-order valence-corrected chi connectivity index (χ4v) is 2.81. The molecule has 2 rings (SSSR count). The molecule has 2 aromatic carbocycles. The molecule has 0 atom stereocenters. The zero-order valence-electron chi connectivity index (χ0n) is 14.2. The molecule has 6 heteroatoms. The van der Waals surface area contributed by atoms with E-state index >= 15 is 0 Å². The summed E-state index contributed by atoms with van der Waals surface area (Å²) in [6.07, 6.45) is 0.341. The lowest BCUT2D eigenvalue weighted by molar-refractivity contribution is 0.0374. The SMILES string of the molecule is CCc1cc(Br)c(O)c(C(=O)c2ccc(O)c(C(=O)OC(C)C)c2)c1. The Balaban J connectivity index is 2.47. The molecule has 0 aliphatic heterocycles. The quantitative estimate of drug-likeness (QED) is 0.573. The molecule has 0 saturated heterocycles. The van der Waals surface area contributed by atoms with Crippen LogP contribution in [0, 0.1) is 0 Å². The first-order valence-corrected chi connectivity index (χ1v) is 8.64. The summed E-state index contributed by atoms with van der Waals surface area (Å²) in [7, 11) is 0. The summed E-state index contributed by atoms with van der Waals surface area (Å²) < 4.78 is 5.49. The number of rotatable bonds is 5. The zero-order chi connectivity index (χ0) is 18.7. The van der Waals surface area contributed by atoms with Crippen LogP contribution in [0.3, 0.4) is 0 Å². The van der Waals surface area contributed by atoms with Gasteiger partial charge in [0.15, 0.2) is 5.78 Å². The minimum Gasteiger partial charge on any atom is -0.507 e. The number of carbonyl (C=O) groups excluding carboxylic acids is 2. The number of aromatic hydroxyl groups is 2. The van der Waals surface area contributed by atoms with Gasteiger partial charge in [-0.15, -0.1) is 0 Å². The predicted molar refractivity (Wildman–Crippen MR) is 97.3 cm³/mol. The van der Waals surface area contributed by atoms with Crippen molar-refractivity contribution in [1.29, 1.82) is 0 Å². The third-order valence-electron chi connectivity index (χ3n) is 3.60. The molecule has 0 aliphatic carbocycles. The van der Waals surface area contributed by atoms with E-state index in [-0.39, 0.29) is 34.3 Å². The number of ketones is 1. The molecule has 0 heterocycles. The molecular weight excluding hydrogens is 388 g/mol. The highest BCUT2D eigenvalue weighted by Gasteiger charge is 2.21. The molecule has 2 aromatic rings. The second-order valence-corrected chi connectivity index (χ2v) is 6.70. The number of aryl methyl sites for hydroxylation is 1. The van der Waals surface area contributed by atoms with E-state index in [1.54, 1.807) is 26.0 Å². The van der Waals surface area contributed by atoms with Crippen LogP contribution in [-0.2, 0) is 11.2 Å². The van der Waals surface area contributed by atoms with Crippen LogP contribution in [0.5, 0.6) is 11.5 Å². The van der Waals surface area contributed by atoms with Gasteiger partial charge in [-0.05, 0) is 72.1 Å². The van der Waals surface area contributed by atoms with E-state index in [9.17, 15) is 19.8 Å². The molecule has 0 unspecified atom stereocenters. The predicted octanol–water partition coefficient (Wildman–Crippen LogP) is 4.22. The number of halogens is 1. The molecule has 25 heavy (non-hydrogen) atoms. The van der Waals surface area contributed by atoms with Gasteiger partial charge >= 0.3 is 5.97 Å². The lowest BCUT2D eigenvalue weighted by Crippen LogP contribution is -2.13. The summed E-state index contributed by atoms with van der Waals surface area (Å²) in [4.78, 5) is 24.8. The Kier molecular flexibility index (Phi) is 5.85. The van der Waals surface area contributed by atoms with Crippen LogP contribution < -0.4 is 0 Å². The van der Waals surface area contributed by atoms with Crippen LogP contribution in [-0.4, -0.2) is 28.1 Å². The highest BCUT2D eigenvalue weighted by atomic mass is 79.9. The second-order valence-electron chi connectivity index (χ2n) is 5.84. The van der Waals surface area contributed by atoms with Gasteiger partial charge < -0.3 is 14.9 Å². The number of benzene rings is 2. The van der Waals surface area contributed by atoms with E-state index in [1.807, 2.05) is 6.92 Å². The third kappa shape index (κ3) is 4.20. The van der Waals surface area contributed by atoms with Crippen LogP contribution in [0.1, 0.15) is 52.6 Å². The maximum Gasteiger partial charge on any atom is 0.342 e. The molecular formula is C19H19BrO5. The van der Waals surface area contributed by atoms with Gasteiger partial charge in [-0.25, -0.2) is 4.79 Å². The van der Waals surface area contributed by atoms with E-state index in [1.165, 1.54) is 18.2 Å². The number of phenols is 2. The topological polar surface area (TPSA) is 83.8 Å². The van der Waals surface area contributed by atoms with Crippen molar-refractivity contribution < 1.29 is 24.5 Å².